The fourth-order valence-electron chi connectivity index (χ4n) is 2.26. The molecule has 1 aromatic heterocycles. The zero-order chi connectivity index (χ0) is 15.4. The molecule has 116 valence electrons. The molecule has 2 aromatic rings. The molecule has 0 amide bonds. The third kappa shape index (κ3) is 3.42. The molecule has 1 aromatic carbocycles. The lowest BCUT2D eigenvalue weighted by Crippen LogP contribution is -2.37. The number of nitrogens with two attached hydrogens (primary N) is 2. The topological polar surface area (TPSA) is 90.3 Å². The van der Waals surface area contributed by atoms with Crippen molar-refractivity contribution in [3.63, 3.8) is 0 Å². The molecule has 1 aliphatic rings. The van der Waals surface area contributed by atoms with E-state index < -0.39 is 0 Å². The average Bonchev–Trinajstić information content (AvgIpc) is 2.57. The predicted octanol–water partition coefficient (Wildman–Crippen LogP) is 1.77. The standard InChI is InChI=1S/C15H19N5OS/c16-12-13(17)18-15(22-10-11-4-2-1-3-5-11)19-14(12)20-6-8-21-9-7-20/h1-5H,6-10,16H2,(H2,17,18,19). The lowest BCUT2D eigenvalue weighted by molar-refractivity contribution is 0.122. The molecule has 1 saturated heterocycles. The minimum absolute atomic E-state index is 0.340. The van der Waals surface area contributed by atoms with Crippen LogP contribution in [0.5, 0.6) is 0 Å². The number of aromatic nitrogens is 2. The smallest absolute Gasteiger partial charge is 0.191 e. The van der Waals surface area contributed by atoms with Gasteiger partial charge in [0.15, 0.2) is 16.8 Å². The largest absolute Gasteiger partial charge is 0.393 e. The summed E-state index contributed by atoms with van der Waals surface area (Å²) in [6.07, 6.45) is 0. The summed E-state index contributed by atoms with van der Waals surface area (Å²) in [5.74, 6) is 1.85. The molecule has 0 aliphatic carbocycles. The van der Waals surface area contributed by atoms with E-state index in [0.29, 0.717) is 35.7 Å². The van der Waals surface area contributed by atoms with E-state index in [4.69, 9.17) is 16.2 Å². The third-order valence-corrected chi connectivity index (χ3v) is 4.37. The van der Waals surface area contributed by atoms with Crippen LogP contribution in [0.4, 0.5) is 17.3 Å². The number of hydrogen-bond donors (Lipinski definition) is 2. The first-order valence-corrected chi connectivity index (χ1v) is 8.15. The quantitative estimate of drug-likeness (QED) is 0.656. The fraction of sp³-hybridized carbons (Fsp3) is 0.333. The monoisotopic (exact) mass is 317 g/mol. The second-order valence-electron chi connectivity index (χ2n) is 5.00. The number of morpholine rings is 1. The van der Waals surface area contributed by atoms with Gasteiger partial charge in [-0.15, -0.1) is 0 Å². The van der Waals surface area contributed by atoms with Gasteiger partial charge in [-0.25, -0.2) is 9.97 Å². The minimum Gasteiger partial charge on any atom is -0.393 e. The molecule has 0 unspecified atom stereocenters. The van der Waals surface area contributed by atoms with Crippen molar-refractivity contribution in [3.05, 3.63) is 35.9 Å². The molecule has 4 N–H and O–H groups in total. The van der Waals surface area contributed by atoms with Gasteiger partial charge in [-0.1, -0.05) is 42.1 Å². The number of nitrogen functional groups attached to an aromatic ring is 2. The van der Waals surface area contributed by atoms with Gasteiger partial charge in [0, 0.05) is 18.8 Å². The van der Waals surface area contributed by atoms with Gasteiger partial charge in [0.05, 0.1) is 13.2 Å². The highest BCUT2D eigenvalue weighted by molar-refractivity contribution is 7.98. The van der Waals surface area contributed by atoms with Crippen molar-refractivity contribution < 1.29 is 4.74 Å². The predicted molar refractivity (Wildman–Crippen MR) is 89.9 cm³/mol. The van der Waals surface area contributed by atoms with Crippen LogP contribution >= 0.6 is 11.8 Å². The Hall–Kier alpha value is -1.99. The van der Waals surface area contributed by atoms with Crippen molar-refractivity contribution in [1.82, 2.24) is 9.97 Å². The first kappa shape index (κ1) is 14.9. The summed E-state index contributed by atoms with van der Waals surface area (Å²) in [6.45, 7) is 2.89. The second kappa shape index (κ2) is 6.85. The Kier molecular flexibility index (Phi) is 4.65. The van der Waals surface area contributed by atoms with Crippen LogP contribution in [0.3, 0.4) is 0 Å². The van der Waals surface area contributed by atoms with E-state index in [-0.39, 0.29) is 0 Å². The van der Waals surface area contributed by atoms with Crippen LogP contribution in [0.15, 0.2) is 35.5 Å². The van der Waals surface area contributed by atoms with Gasteiger partial charge in [0.1, 0.15) is 5.69 Å². The molecule has 0 atom stereocenters. The molecule has 1 fully saturated rings. The minimum atomic E-state index is 0.340. The van der Waals surface area contributed by atoms with E-state index >= 15 is 0 Å². The van der Waals surface area contributed by atoms with Crippen molar-refractivity contribution in [3.8, 4) is 0 Å². The maximum Gasteiger partial charge on any atom is 0.191 e. The molecule has 6 nitrogen and oxygen atoms in total. The Labute approximate surface area is 133 Å². The Morgan fingerprint density at radius 2 is 1.82 bits per heavy atom. The summed E-state index contributed by atoms with van der Waals surface area (Å²) in [4.78, 5) is 11.0. The first-order chi connectivity index (χ1) is 10.7. The Morgan fingerprint density at radius 3 is 2.55 bits per heavy atom. The Bertz CT molecular complexity index is 631. The van der Waals surface area contributed by atoms with E-state index in [2.05, 4.69) is 27.0 Å². The summed E-state index contributed by atoms with van der Waals surface area (Å²) in [5, 5.41) is 0.650. The maximum absolute atomic E-state index is 6.05. The first-order valence-electron chi connectivity index (χ1n) is 7.16. The molecule has 0 saturated carbocycles. The summed E-state index contributed by atoms with van der Waals surface area (Å²) in [6, 6.07) is 10.2. The van der Waals surface area contributed by atoms with Crippen molar-refractivity contribution in [2.24, 2.45) is 0 Å². The fourth-order valence-corrected chi connectivity index (χ4v) is 3.06. The highest BCUT2D eigenvalue weighted by Gasteiger charge is 2.18. The van der Waals surface area contributed by atoms with Crippen LogP contribution in [0.1, 0.15) is 5.56 Å². The molecule has 1 aliphatic heterocycles. The van der Waals surface area contributed by atoms with E-state index in [9.17, 15) is 0 Å². The van der Waals surface area contributed by atoms with E-state index in [1.807, 2.05) is 18.2 Å². The number of rotatable bonds is 4. The van der Waals surface area contributed by atoms with Gasteiger partial charge >= 0.3 is 0 Å². The molecule has 22 heavy (non-hydrogen) atoms. The second-order valence-corrected chi connectivity index (χ2v) is 5.94. The van der Waals surface area contributed by atoms with Crippen molar-refractivity contribution >= 4 is 29.1 Å². The summed E-state index contributed by atoms with van der Waals surface area (Å²) in [7, 11) is 0. The summed E-state index contributed by atoms with van der Waals surface area (Å²) in [5.41, 5.74) is 13.7. The van der Waals surface area contributed by atoms with Gasteiger partial charge in [0.25, 0.3) is 0 Å². The van der Waals surface area contributed by atoms with Crippen molar-refractivity contribution in [2.45, 2.75) is 10.9 Å². The molecule has 7 heteroatoms. The third-order valence-electron chi connectivity index (χ3n) is 3.46. The maximum atomic E-state index is 6.05. The van der Waals surface area contributed by atoms with Crippen LogP contribution in [0, 0.1) is 0 Å². The van der Waals surface area contributed by atoms with Gasteiger partial charge in [-0.3, -0.25) is 0 Å². The molecule has 0 spiro atoms. The zero-order valence-electron chi connectivity index (χ0n) is 12.2. The van der Waals surface area contributed by atoms with Crippen molar-refractivity contribution in [2.75, 3.05) is 42.7 Å². The lowest BCUT2D eigenvalue weighted by atomic mass is 10.2. The molecule has 3 rings (SSSR count). The van der Waals surface area contributed by atoms with Crippen LogP contribution in [-0.4, -0.2) is 36.3 Å². The van der Waals surface area contributed by atoms with E-state index in [0.717, 1.165) is 18.8 Å². The zero-order valence-corrected chi connectivity index (χ0v) is 13.1. The molecule has 0 radical (unpaired) electrons. The van der Waals surface area contributed by atoms with Gasteiger partial charge < -0.3 is 21.1 Å². The van der Waals surface area contributed by atoms with Gasteiger partial charge in [-0.2, -0.15) is 0 Å². The van der Waals surface area contributed by atoms with Gasteiger partial charge in [-0.05, 0) is 5.56 Å². The summed E-state index contributed by atoms with van der Waals surface area (Å²) >= 11 is 1.56. The van der Waals surface area contributed by atoms with Gasteiger partial charge in [0.2, 0.25) is 0 Å². The van der Waals surface area contributed by atoms with Crippen molar-refractivity contribution in [1.29, 1.82) is 0 Å². The molecule has 2 heterocycles. The van der Waals surface area contributed by atoms with Crippen LogP contribution in [0.25, 0.3) is 0 Å². The Balaban J connectivity index is 1.78. The molecular formula is C15H19N5OS. The number of hydrogen-bond acceptors (Lipinski definition) is 7. The van der Waals surface area contributed by atoms with E-state index in [1.165, 1.54) is 5.56 Å². The number of benzene rings is 1. The Morgan fingerprint density at radius 1 is 1.09 bits per heavy atom. The number of anilines is 3. The highest BCUT2D eigenvalue weighted by atomic mass is 32.2. The van der Waals surface area contributed by atoms with Crippen LogP contribution in [0.2, 0.25) is 0 Å². The van der Waals surface area contributed by atoms with E-state index in [1.54, 1.807) is 11.8 Å². The number of nitrogens with zero attached hydrogens (tertiary/aromatic N) is 3. The normalized spacial score (nSPS) is 15.0. The average molecular weight is 317 g/mol. The molecular weight excluding hydrogens is 298 g/mol. The number of ether oxygens (including phenoxy) is 1. The lowest BCUT2D eigenvalue weighted by Gasteiger charge is -2.29. The SMILES string of the molecule is Nc1nc(SCc2ccccc2)nc(N2CCOCC2)c1N. The molecule has 0 bridgehead atoms. The van der Waals surface area contributed by atoms with Crippen LogP contribution in [-0.2, 0) is 10.5 Å². The number of thioether (sulfide) groups is 1. The van der Waals surface area contributed by atoms with Crippen LogP contribution < -0.4 is 16.4 Å². The summed E-state index contributed by atoms with van der Waals surface area (Å²) < 4.78 is 5.36. The highest BCUT2D eigenvalue weighted by Crippen LogP contribution is 2.30.